The average molecular weight is 482 g/mol. The standard InChI is InChI=1S/C23H16ClN3O5S/c1-12-4-3-5-18(13(12)2)26-22(29)17(21(28)25-23(26)33)11-15-7-9-20(32-15)16-8-6-14(24)10-19(16)27(30)31/h3-11H,1-2H3,(H,25,28,33)/b17-11+. The summed E-state index contributed by atoms with van der Waals surface area (Å²) in [5, 5.41) is 14.1. The molecule has 1 aromatic heterocycles. The molecular weight excluding hydrogens is 466 g/mol. The van der Waals surface area contributed by atoms with E-state index in [1.54, 1.807) is 12.1 Å². The van der Waals surface area contributed by atoms with Crippen LogP contribution in [0.3, 0.4) is 0 Å². The van der Waals surface area contributed by atoms with Gasteiger partial charge < -0.3 is 4.42 Å². The average Bonchev–Trinajstić information content (AvgIpc) is 3.22. The molecule has 3 aromatic rings. The van der Waals surface area contributed by atoms with E-state index in [2.05, 4.69) is 5.32 Å². The molecule has 8 nitrogen and oxygen atoms in total. The molecule has 1 N–H and O–H groups in total. The topological polar surface area (TPSA) is 106 Å². The van der Waals surface area contributed by atoms with Crippen molar-refractivity contribution in [2.45, 2.75) is 13.8 Å². The van der Waals surface area contributed by atoms with Crippen LogP contribution >= 0.6 is 23.8 Å². The van der Waals surface area contributed by atoms with Gasteiger partial charge in [-0.2, -0.15) is 0 Å². The molecule has 1 aliphatic rings. The number of nitro groups is 1. The van der Waals surface area contributed by atoms with Crippen molar-refractivity contribution in [1.29, 1.82) is 0 Å². The number of furan rings is 1. The molecule has 0 unspecified atom stereocenters. The predicted molar refractivity (Wildman–Crippen MR) is 128 cm³/mol. The summed E-state index contributed by atoms with van der Waals surface area (Å²) in [5.74, 6) is -0.910. The van der Waals surface area contributed by atoms with E-state index in [1.807, 2.05) is 19.9 Å². The lowest BCUT2D eigenvalue weighted by Gasteiger charge is -2.30. The van der Waals surface area contributed by atoms with E-state index >= 15 is 0 Å². The van der Waals surface area contributed by atoms with Gasteiger partial charge in [-0.15, -0.1) is 0 Å². The molecule has 0 saturated carbocycles. The fourth-order valence-corrected chi connectivity index (χ4v) is 3.88. The van der Waals surface area contributed by atoms with E-state index in [-0.39, 0.29) is 38.5 Å². The molecule has 0 spiro atoms. The highest BCUT2D eigenvalue weighted by Crippen LogP contribution is 2.34. The Morgan fingerprint density at radius 1 is 1.15 bits per heavy atom. The quantitative estimate of drug-likeness (QED) is 0.186. The Balaban J connectivity index is 1.73. The third kappa shape index (κ3) is 4.15. The lowest BCUT2D eigenvalue weighted by molar-refractivity contribution is -0.384. The minimum Gasteiger partial charge on any atom is -0.456 e. The minimum absolute atomic E-state index is 0.0206. The maximum Gasteiger partial charge on any atom is 0.281 e. The van der Waals surface area contributed by atoms with Gasteiger partial charge in [0.1, 0.15) is 17.1 Å². The zero-order chi connectivity index (χ0) is 23.9. The summed E-state index contributed by atoms with van der Waals surface area (Å²) in [7, 11) is 0. The normalized spacial score (nSPS) is 15.2. The number of thiocarbonyl (C=S) groups is 1. The minimum atomic E-state index is -0.665. The number of nitrogens with one attached hydrogen (secondary N) is 1. The molecule has 2 aromatic carbocycles. The van der Waals surface area contributed by atoms with Crippen molar-refractivity contribution in [3.8, 4) is 11.3 Å². The molecule has 2 heterocycles. The maximum atomic E-state index is 13.2. The fraction of sp³-hybridized carbons (Fsp3) is 0.0870. The summed E-state index contributed by atoms with van der Waals surface area (Å²) in [4.78, 5) is 37.9. The van der Waals surface area contributed by atoms with Gasteiger partial charge in [-0.1, -0.05) is 23.7 Å². The van der Waals surface area contributed by atoms with Crippen molar-refractivity contribution in [1.82, 2.24) is 5.32 Å². The third-order valence-electron chi connectivity index (χ3n) is 5.25. The van der Waals surface area contributed by atoms with Crippen LogP contribution in [-0.2, 0) is 9.59 Å². The van der Waals surface area contributed by atoms with Gasteiger partial charge in [0.2, 0.25) is 0 Å². The largest absolute Gasteiger partial charge is 0.456 e. The second-order valence-electron chi connectivity index (χ2n) is 7.30. The van der Waals surface area contributed by atoms with Crippen LogP contribution < -0.4 is 10.2 Å². The number of carbonyl (C=O) groups is 2. The number of carbonyl (C=O) groups excluding carboxylic acids is 2. The van der Waals surface area contributed by atoms with Gasteiger partial charge in [-0.05, 0) is 73.6 Å². The van der Waals surface area contributed by atoms with Crippen molar-refractivity contribution in [2.75, 3.05) is 4.90 Å². The molecule has 0 bridgehead atoms. The number of amides is 2. The highest BCUT2D eigenvalue weighted by Gasteiger charge is 2.35. The Labute approximate surface area is 198 Å². The van der Waals surface area contributed by atoms with Crippen LogP contribution in [-0.4, -0.2) is 21.9 Å². The first-order valence-electron chi connectivity index (χ1n) is 9.69. The Bertz CT molecular complexity index is 1380. The van der Waals surface area contributed by atoms with Crippen LogP contribution in [0.4, 0.5) is 11.4 Å². The van der Waals surface area contributed by atoms with Gasteiger partial charge >= 0.3 is 0 Å². The number of halogens is 1. The van der Waals surface area contributed by atoms with Crippen LogP contribution in [0, 0.1) is 24.0 Å². The van der Waals surface area contributed by atoms with E-state index in [9.17, 15) is 19.7 Å². The van der Waals surface area contributed by atoms with Crippen LogP contribution in [0.1, 0.15) is 16.9 Å². The number of hydrogen-bond acceptors (Lipinski definition) is 6. The number of nitrogens with zero attached hydrogens (tertiary/aromatic N) is 2. The molecule has 0 aliphatic carbocycles. The van der Waals surface area contributed by atoms with Crippen molar-refractivity contribution >= 4 is 58.2 Å². The number of aryl methyl sites for hydroxylation is 1. The van der Waals surface area contributed by atoms with E-state index in [1.165, 1.54) is 41.3 Å². The second kappa shape index (κ2) is 8.61. The lowest BCUT2D eigenvalue weighted by atomic mass is 10.0. The molecule has 166 valence electrons. The van der Waals surface area contributed by atoms with E-state index in [0.717, 1.165) is 11.1 Å². The molecule has 1 saturated heterocycles. The molecule has 33 heavy (non-hydrogen) atoms. The van der Waals surface area contributed by atoms with Gasteiger partial charge in [0.25, 0.3) is 17.5 Å². The molecule has 0 atom stereocenters. The van der Waals surface area contributed by atoms with Gasteiger partial charge in [0.15, 0.2) is 5.11 Å². The zero-order valence-corrected chi connectivity index (χ0v) is 19.0. The van der Waals surface area contributed by atoms with Crippen LogP contribution in [0.2, 0.25) is 5.02 Å². The summed E-state index contributed by atoms with van der Waals surface area (Å²) in [6.07, 6.45) is 1.28. The Morgan fingerprint density at radius 3 is 2.64 bits per heavy atom. The maximum absolute atomic E-state index is 13.2. The van der Waals surface area contributed by atoms with Crippen molar-refractivity contribution in [3.63, 3.8) is 0 Å². The van der Waals surface area contributed by atoms with Crippen LogP contribution in [0.5, 0.6) is 0 Å². The number of benzene rings is 2. The Morgan fingerprint density at radius 2 is 1.91 bits per heavy atom. The first-order chi connectivity index (χ1) is 15.7. The highest BCUT2D eigenvalue weighted by atomic mass is 35.5. The fourth-order valence-electron chi connectivity index (χ4n) is 3.44. The first-order valence-corrected chi connectivity index (χ1v) is 10.5. The van der Waals surface area contributed by atoms with Gasteiger partial charge in [0.05, 0.1) is 16.2 Å². The SMILES string of the molecule is Cc1cccc(N2C(=O)/C(=C/c3ccc(-c4ccc(Cl)cc4[N+](=O)[O-])o3)C(=O)NC2=S)c1C. The molecule has 4 rings (SSSR count). The summed E-state index contributed by atoms with van der Waals surface area (Å²) >= 11 is 11.1. The molecular formula is C23H16ClN3O5S. The van der Waals surface area contributed by atoms with Crippen molar-refractivity contribution < 1.29 is 18.9 Å². The smallest absolute Gasteiger partial charge is 0.281 e. The number of anilines is 1. The van der Waals surface area contributed by atoms with Gasteiger partial charge in [0, 0.05) is 11.1 Å². The molecule has 1 aliphatic heterocycles. The van der Waals surface area contributed by atoms with Gasteiger partial charge in [-0.25, -0.2) is 0 Å². The summed E-state index contributed by atoms with van der Waals surface area (Å²) in [6, 6.07) is 12.7. The summed E-state index contributed by atoms with van der Waals surface area (Å²) in [6.45, 7) is 3.77. The Kier molecular flexibility index (Phi) is 5.84. The monoisotopic (exact) mass is 481 g/mol. The number of hydrogen-bond donors (Lipinski definition) is 1. The second-order valence-corrected chi connectivity index (χ2v) is 8.12. The molecule has 0 radical (unpaired) electrons. The third-order valence-corrected chi connectivity index (χ3v) is 5.77. The van der Waals surface area contributed by atoms with Crippen molar-refractivity contribution in [2.24, 2.45) is 0 Å². The molecule has 1 fully saturated rings. The van der Waals surface area contributed by atoms with Gasteiger partial charge in [-0.3, -0.25) is 29.9 Å². The highest BCUT2D eigenvalue weighted by molar-refractivity contribution is 7.80. The first kappa shape index (κ1) is 22.4. The van der Waals surface area contributed by atoms with Crippen LogP contribution in [0.15, 0.2) is 58.5 Å². The molecule has 10 heteroatoms. The van der Waals surface area contributed by atoms with Crippen LogP contribution in [0.25, 0.3) is 17.4 Å². The zero-order valence-electron chi connectivity index (χ0n) is 17.4. The number of nitro benzene ring substituents is 1. The van der Waals surface area contributed by atoms with E-state index < -0.39 is 16.7 Å². The van der Waals surface area contributed by atoms with E-state index in [0.29, 0.717) is 5.69 Å². The summed E-state index contributed by atoms with van der Waals surface area (Å²) in [5.41, 5.74) is 2.18. The predicted octanol–water partition coefficient (Wildman–Crippen LogP) is 4.96. The number of rotatable bonds is 4. The summed E-state index contributed by atoms with van der Waals surface area (Å²) < 4.78 is 5.70. The lowest BCUT2D eigenvalue weighted by Crippen LogP contribution is -2.54. The molecule has 2 amide bonds. The van der Waals surface area contributed by atoms with Crippen molar-refractivity contribution in [3.05, 3.63) is 86.1 Å². The Hall–Kier alpha value is -3.82. The van der Waals surface area contributed by atoms with E-state index in [4.69, 9.17) is 28.2 Å².